The minimum absolute atomic E-state index is 0.171. The number of likely N-dealkylation sites (tertiary alicyclic amines) is 1. The Morgan fingerprint density at radius 1 is 1.09 bits per heavy atom. The smallest absolute Gasteiger partial charge is 0.317 e. The van der Waals surface area contributed by atoms with Gasteiger partial charge in [-0.1, -0.05) is 11.3 Å². The topological polar surface area (TPSA) is 98.2 Å². The van der Waals surface area contributed by atoms with Gasteiger partial charge in [-0.3, -0.25) is 4.90 Å². The number of nitrogens with one attached hydrogen (secondary N) is 1. The molecule has 1 saturated carbocycles. The number of anilines is 2. The van der Waals surface area contributed by atoms with Crippen LogP contribution < -0.4 is 10.1 Å². The van der Waals surface area contributed by atoms with Gasteiger partial charge in [0, 0.05) is 41.8 Å². The van der Waals surface area contributed by atoms with Gasteiger partial charge in [-0.25, -0.2) is 19.9 Å². The standard InChI is InChI=1S/C24H29N7O2S/c1-31-10-2-3-19(31)16-11-26-21(27-12-16)30-23-28-13-20(34-23)18-6-9-25-22(29-18)33-17-4-7-24(8-5-17)14-32-15-24/h6,9,11-13,17,19H,2-5,7-8,10,14-15H2,1H3,(H,26,27,28,30)/t19-/m1/s1. The molecule has 178 valence electrons. The minimum Gasteiger partial charge on any atom is -0.460 e. The maximum absolute atomic E-state index is 6.12. The summed E-state index contributed by atoms with van der Waals surface area (Å²) in [5, 5.41) is 3.93. The Morgan fingerprint density at radius 3 is 2.62 bits per heavy atom. The molecule has 5 heterocycles. The fourth-order valence-electron chi connectivity index (χ4n) is 5.14. The Hall–Kier alpha value is -2.69. The van der Waals surface area contributed by atoms with E-state index in [0.717, 1.165) is 73.1 Å². The van der Waals surface area contributed by atoms with E-state index in [1.54, 1.807) is 6.20 Å². The molecule has 1 atom stereocenters. The van der Waals surface area contributed by atoms with Crippen LogP contribution in [0.1, 0.15) is 50.1 Å². The molecule has 3 aromatic rings. The Bertz CT molecular complexity index is 1120. The van der Waals surface area contributed by atoms with Crippen LogP contribution in [-0.4, -0.2) is 62.7 Å². The van der Waals surface area contributed by atoms with Gasteiger partial charge in [0.05, 0.1) is 23.8 Å². The number of rotatable bonds is 6. The fraction of sp³-hybridized carbons (Fsp3) is 0.542. The van der Waals surface area contributed by atoms with E-state index < -0.39 is 0 Å². The van der Waals surface area contributed by atoms with Crippen LogP contribution >= 0.6 is 11.3 Å². The van der Waals surface area contributed by atoms with Crippen molar-refractivity contribution in [1.29, 1.82) is 0 Å². The third-order valence-corrected chi connectivity index (χ3v) is 8.20. The molecule has 0 amide bonds. The second-order valence-corrected chi connectivity index (χ2v) is 10.7. The highest BCUT2D eigenvalue weighted by molar-refractivity contribution is 7.18. The first-order chi connectivity index (χ1) is 16.7. The molecule has 0 unspecified atom stereocenters. The molecule has 1 aliphatic carbocycles. The van der Waals surface area contributed by atoms with Crippen molar-refractivity contribution < 1.29 is 9.47 Å². The molecule has 9 nitrogen and oxygen atoms in total. The molecule has 3 fully saturated rings. The molecule has 2 saturated heterocycles. The van der Waals surface area contributed by atoms with Crippen LogP contribution in [-0.2, 0) is 4.74 Å². The lowest BCUT2D eigenvalue weighted by atomic mass is 9.72. The Labute approximate surface area is 203 Å². The third-order valence-electron chi connectivity index (χ3n) is 7.27. The fourth-order valence-corrected chi connectivity index (χ4v) is 5.92. The minimum atomic E-state index is 0.171. The van der Waals surface area contributed by atoms with E-state index in [2.05, 4.69) is 42.2 Å². The summed E-state index contributed by atoms with van der Waals surface area (Å²) in [6, 6.07) is 2.73. The highest BCUT2D eigenvalue weighted by Gasteiger charge is 2.42. The second kappa shape index (κ2) is 9.16. The molecule has 1 spiro atoms. The van der Waals surface area contributed by atoms with Crippen LogP contribution in [0.2, 0.25) is 0 Å². The first-order valence-corrected chi connectivity index (χ1v) is 12.8. The second-order valence-electron chi connectivity index (χ2n) is 9.67. The van der Waals surface area contributed by atoms with Crippen LogP contribution in [0.3, 0.4) is 0 Å². The Balaban J connectivity index is 1.08. The van der Waals surface area contributed by atoms with Gasteiger partial charge in [0.2, 0.25) is 5.95 Å². The highest BCUT2D eigenvalue weighted by atomic mass is 32.1. The molecule has 10 heteroatoms. The van der Waals surface area contributed by atoms with Gasteiger partial charge in [0.25, 0.3) is 0 Å². The Morgan fingerprint density at radius 2 is 1.91 bits per heavy atom. The van der Waals surface area contributed by atoms with Crippen molar-refractivity contribution in [2.24, 2.45) is 5.41 Å². The van der Waals surface area contributed by atoms with Crippen LogP contribution in [0.25, 0.3) is 10.6 Å². The highest BCUT2D eigenvalue weighted by Crippen LogP contribution is 2.43. The van der Waals surface area contributed by atoms with Gasteiger partial charge in [-0.05, 0) is 58.2 Å². The molecule has 0 bridgehead atoms. The summed E-state index contributed by atoms with van der Waals surface area (Å²) >= 11 is 1.51. The predicted molar refractivity (Wildman–Crippen MR) is 129 cm³/mol. The summed E-state index contributed by atoms with van der Waals surface area (Å²) in [6.45, 7) is 2.93. The summed E-state index contributed by atoms with van der Waals surface area (Å²) in [7, 11) is 2.15. The quantitative estimate of drug-likeness (QED) is 0.556. The van der Waals surface area contributed by atoms with E-state index in [4.69, 9.17) is 9.47 Å². The normalized spacial score (nSPS) is 22.6. The van der Waals surface area contributed by atoms with Crippen molar-refractivity contribution in [3.05, 3.63) is 36.4 Å². The van der Waals surface area contributed by atoms with Gasteiger partial charge < -0.3 is 14.8 Å². The van der Waals surface area contributed by atoms with Crippen LogP contribution in [0.4, 0.5) is 11.1 Å². The van der Waals surface area contributed by atoms with E-state index in [0.29, 0.717) is 23.4 Å². The van der Waals surface area contributed by atoms with Crippen molar-refractivity contribution in [3.63, 3.8) is 0 Å². The average molecular weight is 480 g/mol. The van der Waals surface area contributed by atoms with E-state index in [1.165, 1.54) is 17.8 Å². The summed E-state index contributed by atoms with van der Waals surface area (Å²) in [6.07, 6.45) is 14.3. The number of nitrogens with zero attached hydrogens (tertiary/aromatic N) is 6. The van der Waals surface area contributed by atoms with E-state index in [-0.39, 0.29) is 6.10 Å². The molecule has 34 heavy (non-hydrogen) atoms. The number of hydrogen-bond acceptors (Lipinski definition) is 10. The Kier molecular flexibility index (Phi) is 5.88. The average Bonchev–Trinajstić information content (AvgIpc) is 3.48. The first kappa shape index (κ1) is 21.8. The molecule has 3 aromatic heterocycles. The van der Waals surface area contributed by atoms with Gasteiger partial charge in [0.1, 0.15) is 6.10 Å². The van der Waals surface area contributed by atoms with Crippen molar-refractivity contribution >= 4 is 22.4 Å². The van der Waals surface area contributed by atoms with E-state index >= 15 is 0 Å². The molecule has 0 radical (unpaired) electrons. The largest absolute Gasteiger partial charge is 0.460 e. The third kappa shape index (κ3) is 4.49. The van der Waals surface area contributed by atoms with Crippen LogP contribution in [0, 0.1) is 5.41 Å². The lowest BCUT2D eigenvalue weighted by Gasteiger charge is -2.45. The molecular weight excluding hydrogens is 450 g/mol. The summed E-state index contributed by atoms with van der Waals surface area (Å²) in [5.74, 6) is 0.545. The van der Waals surface area contributed by atoms with Crippen molar-refractivity contribution in [2.45, 2.75) is 50.7 Å². The monoisotopic (exact) mass is 479 g/mol. The van der Waals surface area contributed by atoms with Gasteiger partial charge in [0.15, 0.2) is 5.13 Å². The lowest BCUT2D eigenvalue weighted by molar-refractivity contribution is -0.140. The zero-order valence-electron chi connectivity index (χ0n) is 19.3. The lowest BCUT2D eigenvalue weighted by Crippen LogP contribution is -2.46. The molecule has 2 aliphatic heterocycles. The predicted octanol–water partition coefficient (Wildman–Crippen LogP) is 4.24. The SMILES string of the molecule is CN1CCC[C@@H]1c1cnc(Nc2ncc(-c3ccnc(OC4CCC5(CC4)COC5)n3)s2)nc1. The maximum Gasteiger partial charge on any atom is 0.317 e. The van der Waals surface area contributed by atoms with E-state index in [1.807, 2.05) is 24.7 Å². The number of aromatic nitrogens is 5. The zero-order valence-corrected chi connectivity index (χ0v) is 20.1. The number of hydrogen-bond donors (Lipinski definition) is 1. The van der Waals surface area contributed by atoms with Crippen molar-refractivity contribution in [3.8, 4) is 16.6 Å². The summed E-state index contributed by atoms with van der Waals surface area (Å²) in [4.78, 5) is 25.7. The molecular formula is C24H29N7O2S. The van der Waals surface area contributed by atoms with Crippen LogP contribution in [0.15, 0.2) is 30.9 Å². The number of thiazole rings is 1. The van der Waals surface area contributed by atoms with Crippen molar-refractivity contribution in [1.82, 2.24) is 29.8 Å². The number of ether oxygens (including phenoxy) is 2. The van der Waals surface area contributed by atoms with Crippen molar-refractivity contribution in [2.75, 3.05) is 32.1 Å². The van der Waals surface area contributed by atoms with E-state index in [9.17, 15) is 0 Å². The molecule has 1 N–H and O–H groups in total. The van der Waals surface area contributed by atoms with Gasteiger partial charge >= 0.3 is 6.01 Å². The van der Waals surface area contributed by atoms with Gasteiger partial charge in [-0.15, -0.1) is 0 Å². The van der Waals surface area contributed by atoms with Crippen LogP contribution in [0.5, 0.6) is 6.01 Å². The van der Waals surface area contributed by atoms with Gasteiger partial charge in [-0.2, -0.15) is 4.98 Å². The molecule has 6 rings (SSSR count). The maximum atomic E-state index is 6.12. The summed E-state index contributed by atoms with van der Waals surface area (Å²) in [5.41, 5.74) is 2.37. The molecule has 3 aliphatic rings. The summed E-state index contributed by atoms with van der Waals surface area (Å²) < 4.78 is 11.5. The zero-order chi connectivity index (χ0) is 23.0. The first-order valence-electron chi connectivity index (χ1n) is 12.0. The molecule has 0 aromatic carbocycles.